The molecule has 96 valence electrons. The Labute approximate surface area is 128 Å². The summed E-state index contributed by atoms with van der Waals surface area (Å²) in [7, 11) is -8.50. The number of sulfonamides is 1. The first kappa shape index (κ1) is 18.0. The van der Waals surface area contributed by atoms with Crippen LogP contribution in [0.15, 0.2) is 35.2 Å². The summed E-state index contributed by atoms with van der Waals surface area (Å²) >= 11 is 0. The fraction of sp³-hybridized carbons (Fsp3) is 0.250. The minimum atomic E-state index is -4.79. The van der Waals surface area contributed by atoms with Gasteiger partial charge in [-0.25, -0.2) is 21.6 Å². The van der Waals surface area contributed by atoms with Crippen LogP contribution >= 0.6 is 0 Å². The quantitative estimate of drug-likeness (QED) is 0.252. The van der Waals surface area contributed by atoms with Gasteiger partial charge in [0, 0.05) is 6.54 Å². The van der Waals surface area contributed by atoms with Gasteiger partial charge in [0.05, 0.1) is 11.5 Å². The fourth-order valence-corrected chi connectivity index (χ4v) is 2.32. The van der Waals surface area contributed by atoms with Gasteiger partial charge in [-0.15, -0.1) is 0 Å². The molecule has 0 radical (unpaired) electrons. The molecule has 1 rings (SSSR count). The van der Waals surface area contributed by atoms with Crippen molar-refractivity contribution in [1.82, 2.24) is 4.72 Å². The first-order valence-electron chi connectivity index (χ1n) is 4.46. The van der Waals surface area contributed by atoms with Gasteiger partial charge in [-0.05, 0) is 12.1 Å². The second-order valence-electron chi connectivity index (χ2n) is 2.94. The molecule has 0 fully saturated rings. The molecule has 0 aliphatic heterocycles. The average molecular weight is 303 g/mol. The molecule has 0 bridgehead atoms. The van der Waals surface area contributed by atoms with E-state index in [-0.39, 0.29) is 41.0 Å². The zero-order valence-corrected chi connectivity index (χ0v) is 13.2. The molecule has 10 heteroatoms. The SMILES string of the molecule is O=S(=O)([O-])OCCNS(=O)(=O)c1ccccc1.[Na+]. The molecule has 0 saturated carbocycles. The van der Waals surface area contributed by atoms with Crippen LogP contribution in [0.4, 0.5) is 0 Å². The molecule has 1 aromatic rings. The van der Waals surface area contributed by atoms with Crippen molar-refractivity contribution in [3.8, 4) is 0 Å². The van der Waals surface area contributed by atoms with E-state index in [1.807, 2.05) is 0 Å². The van der Waals surface area contributed by atoms with Gasteiger partial charge in [-0.2, -0.15) is 0 Å². The van der Waals surface area contributed by atoms with Gasteiger partial charge < -0.3 is 4.55 Å². The predicted octanol–water partition coefficient (Wildman–Crippen LogP) is -3.55. The molecule has 1 aromatic carbocycles. The first-order valence-corrected chi connectivity index (χ1v) is 7.28. The van der Waals surface area contributed by atoms with Gasteiger partial charge in [-0.1, -0.05) is 18.2 Å². The molecule has 0 aliphatic carbocycles. The molecule has 0 aliphatic rings. The van der Waals surface area contributed by atoms with E-state index in [0.29, 0.717) is 0 Å². The molecule has 18 heavy (non-hydrogen) atoms. The molecule has 0 unspecified atom stereocenters. The molecule has 0 amide bonds. The summed E-state index contributed by atoms with van der Waals surface area (Å²) < 4.78 is 59.3. The topological polar surface area (TPSA) is 113 Å². The van der Waals surface area contributed by atoms with E-state index in [0.717, 1.165) is 0 Å². The van der Waals surface area contributed by atoms with Crippen molar-refractivity contribution in [2.45, 2.75) is 4.90 Å². The first-order chi connectivity index (χ1) is 7.81. The Kier molecular flexibility index (Phi) is 7.56. The molecule has 0 spiro atoms. The molecule has 0 saturated heterocycles. The van der Waals surface area contributed by atoms with Crippen LogP contribution in [0.5, 0.6) is 0 Å². The van der Waals surface area contributed by atoms with Crippen LogP contribution in [0.25, 0.3) is 0 Å². The Balaban J connectivity index is 0.00000289. The van der Waals surface area contributed by atoms with E-state index >= 15 is 0 Å². The molecule has 0 atom stereocenters. The fourth-order valence-electron chi connectivity index (χ4n) is 1.00. The van der Waals surface area contributed by atoms with Crippen molar-refractivity contribution in [3.63, 3.8) is 0 Å². The Bertz CT molecular complexity index is 557. The average Bonchev–Trinajstić information content (AvgIpc) is 2.25. The van der Waals surface area contributed by atoms with Crippen LogP contribution < -0.4 is 34.3 Å². The smallest absolute Gasteiger partial charge is 0.726 e. The van der Waals surface area contributed by atoms with Crippen molar-refractivity contribution >= 4 is 20.4 Å². The monoisotopic (exact) mass is 303 g/mol. The summed E-state index contributed by atoms with van der Waals surface area (Å²) in [6.07, 6.45) is 0. The molecule has 0 aromatic heterocycles. The van der Waals surface area contributed by atoms with Gasteiger partial charge >= 0.3 is 29.6 Å². The molecule has 1 N–H and O–H groups in total. The molecule has 7 nitrogen and oxygen atoms in total. The van der Waals surface area contributed by atoms with E-state index in [4.69, 9.17) is 0 Å². The minimum Gasteiger partial charge on any atom is -0.726 e. The Hall–Kier alpha value is 0. The number of rotatable bonds is 6. The van der Waals surface area contributed by atoms with Crippen molar-refractivity contribution in [1.29, 1.82) is 0 Å². The summed E-state index contributed by atoms with van der Waals surface area (Å²) in [5.74, 6) is 0. The van der Waals surface area contributed by atoms with Gasteiger partial charge in [-0.3, -0.25) is 4.18 Å². The molecular weight excluding hydrogens is 293 g/mol. The van der Waals surface area contributed by atoms with Crippen LogP contribution in [0.1, 0.15) is 0 Å². The van der Waals surface area contributed by atoms with Crippen LogP contribution in [-0.4, -0.2) is 34.5 Å². The second kappa shape index (κ2) is 7.56. The summed E-state index contributed by atoms with van der Waals surface area (Å²) in [6, 6.07) is 7.52. The summed E-state index contributed by atoms with van der Waals surface area (Å²) in [6.45, 7) is -0.851. The van der Waals surface area contributed by atoms with E-state index in [2.05, 4.69) is 8.91 Å². The maximum Gasteiger partial charge on any atom is 1.00 e. The minimum absolute atomic E-state index is 0. The van der Waals surface area contributed by atoms with Crippen LogP contribution in [0.3, 0.4) is 0 Å². The van der Waals surface area contributed by atoms with Gasteiger partial charge in [0.1, 0.15) is 0 Å². The van der Waals surface area contributed by atoms with Gasteiger partial charge in [0.15, 0.2) is 0 Å². The number of hydrogen-bond acceptors (Lipinski definition) is 6. The number of benzene rings is 1. The van der Waals surface area contributed by atoms with Gasteiger partial charge in [0.25, 0.3) is 0 Å². The van der Waals surface area contributed by atoms with E-state index < -0.39 is 27.0 Å². The zero-order chi connectivity index (χ0) is 12.9. The molecule has 0 heterocycles. The van der Waals surface area contributed by atoms with E-state index in [1.165, 1.54) is 12.1 Å². The van der Waals surface area contributed by atoms with Crippen molar-refractivity contribution < 1.29 is 55.1 Å². The zero-order valence-electron chi connectivity index (χ0n) is 9.57. The number of hydrogen-bond donors (Lipinski definition) is 1. The number of nitrogens with one attached hydrogen (secondary N) is 1. The second-order valence-corrected chi connectivity index (χ2v) is 5.76. The Morgan fingerprint density at radius 1 is 1.11 bits per heavy atom. The normalized spacial score (nSPS) is 11.8. The van der Waals surface area contributed by atoms with E-state index in [1.54, 1.807) is 18.2 Å². The van der Waals surface area contributed by atoms with Crippen LogP contribution in [0.2, 0.25) is 0 Å². The Morgan fingerprint density at radius 2 is 1.67 bits per heavy atom. The van der Waals surface area contributed by atoms with E-state index in [9.17, 15) is 21.4 Å². The summed E-state index contributed by atoms with van der Waals surface area (Å²) in [4.78, 5) is 0.0463. The van der Waals surface area contributed by atoms with Crippen LogP contribution in [-0.2, 0) is 24.6 Å². The van der Waals surface area contributed by atoms with Crippen molar-refractivity contribution in [3.05, 3.63) is 30.3 Å². The predicted molar refractivity (Wildman–Crippen MR) is 57.3 cm³/mol. The summed E-state index contributed by atoms with van der Waals surface area (Å²) in [5, 5.41) is 0. The Morgan fingerprint density at radius 3 is 2.17 bits per heavy atom. The standard InChI is InChI=1S/C8H11NO6S2.Na/c10-16(11,8-4-2-1-3-5-8)9-6-7-15-17(12,13)14;/h1-5,9H,6-7H2,(H,12,13,14);/q;+1/p-1. The third kappa shape index (κ3) is 6.81. The third-order valence-electron chi connectivity index (χ3n) is 1.68. The van der Waals surface area contributed by atoms with Crippen LogP contribution in [0, 0.1) is 0 Å². The van der Waals surface area contributed by atoms with Gasteiger partial charge in [0.2, 0.25) is 20.4 Å². The third-order valence-corrected chi connectivity index (χ3v) is 3.61. The largest absolute Gasteiger partial charge is 1.00 e. The summed E-state index contributed by atoms with van der Waals surface area (Å²) in [5.41, 5.74) is 0. The maximum absolute atomic E-state index is 11.6. The maximum atomic E-state index is 11.6. The molecular formula is C8H10NNaO6S2. The van der Waals surface area contributed by atoms with Crippen molar-refractivity contribution in [2.24, 2.45) is 0 Å². The van der Waals surface area contributed by atoms with Crippen molar-refractivity contribution in [2.75, 3.05) is 13.2 Å².